The van der Waals surface area contributed by atoms with Crippen LogP contribution in [0.15, 0.2) is 66.2 Å². The summed E-state index contributed by atoms with van der Waals surface area (Å²) in [4.78, 5) is 44.0. The molecule has 9 heterocycles. The van der Waals surface area contributed by atoms with E-state index in [9.17, 15) is 9.59 Å². The smallest absolute Gasteiger partial charge is 0.210 e. The fourth-order valence-corrected chi connectivity index (χ4v) is 9.35. The number of ether oxygens (including phenoxy) is 2. The summed E-state index contributed by atoms with van der Waals surface area (Å²) < 4.78 is 17.7. The van der Waals surface area contributed by atoms with Gasteiger partial charge in [0.1, 0.15) is 49.8 Å². The zero-order chi connectivity index (χ0) is 49.6. The summed E-state index contributed by atoms with van der Waals surface area (Å²) in [6, 6.07) is 11.0. The van der Waals surface area contributed by atoms with Gasteiger partial charge in [-0.1, -0.05) is 57.8 Å². The number of anilines is 3. The Bertz CT molecular complexity index is 3060. The zero-order valence-electron chi connectivity index (χ0n) is 39.9. The highest BCUT2D eigenvalue weighted by atomic mass is 35.5. The molecule has 0 bridgehead atoms. The van der Waals surface area contributed by atoms with E-state index in [1.54, 1.807) is 42.9 Å². The minimum atomic E-state index is 0.0304. The van der Waals surface area contributed by atoms with E-state index in [1.165, 1.54) is 44.3 Å². The number of hydrogen-bond acceptors (Lipinski definition) is 15. The van der Waals surface area contributed by atoms with E-state index in [4.69, 9.17) is 48.8 Å². The first-order valence-corrected chi connectivity index (χ1v) is 24.1. The summed E-state index contributed by atoms with van der Waals surface area (Å²) in [6.07, 6.45) is 12.0. The highest BCUT2D eigenvalue weighted by Gasteiger charge is 2.31. The normalized spacial score (nSPS) is 14.2. The van der Waals surface area contributed by atoms with Crippen molar-refractivity contribution in [3.63, 3.8) is 0 Å². The van der Waals surface area contributed by atoms with Crippen molar-refractivity contribution >= 4 is 75.3 Å². The number of halogens is 2. The van der Waals surface area contributed by atoms with Crippen LogP contribution >= 0.6 is 35.0 Å². The zero-order valence-corrected chi connectivity index (χ0v) is 42.3. The molecular formula is C49H55Cl2N13O4S. The first kappa shape index (κ1) is 50.3. The van der Waals surface area contributed by atoms with Crippen LogP contribution in [0.3, 0.4) is 0 Å². The number of hydrogen-bond donors (Lipinski definition) is 2. The van der Waals surface area contributed by atoms with Gasteiger partial charge in [-0.05, 0) is 64.2 Å². The maximum absolute atomic E-state index is 11.4. The molecule has 9 rings (SSSR count). The second-order valence-corrected chi connectivity index (χ2v) is 19.8. The number of aryl methyl sites for hydroxylation is 3. The van der Waals surface area contributed by atoms with E-state index in [1.807, 2.05) is 29.3 Å². The first-order chi connectivity index (χ1) is 32.8. The Kier molecular flexibility index (Phi) is 15.6. The first-order valence-electron chi connectivity index (χ1n) is 22.5. The molecule has 0 radical (unpaired) electrons. The van der Waals surface area contributed by atoms with Crippen LogP contribution in [-0.2, 0) is 59.8 Å². The molecule has 69 heavy (non-hydrogen) atoms. The summed E-state index contributed by atoms with van der Waals surface area (Å²) in [5.41, 5.74) is 11.7. The lowest BCUT2D eigenvalue weighted by atomic mass is 9.82. The van der Waals surface area contributed by atoms with Crippen LogP contribution in [0.4, 0.5) is 17.6 Å². The van der Waals surface area contributed by atoms with Crippen LogP contribution in [0.1, 0.15) is 102 Å². The number of aromatic nitrogens is 10. The van der Waals surface area contributed by atoms with Crippen molar-refractivity contribution in [2.45, 2.75) is 122 Å². The number of ketones is 2. The molecule has 3 N–H and O–H groups in total. The van der Waals surface area contributed by atoms with E-state index in [0.717, 1.165) is 54.1 Å². The number of Topliss-reactive ketones (excluding diaryl/α,β-unsaturated/α-hetero) is 2. The molecule has 0 fully saturated rings. The fraction of sp³-hybridized carbons (Fsp3) is 0.388. The number of nitrogens with two attached hydrogens (primary N) is 1. The maximum atomic E-state index is 11.4. The van der Waals surface area contributed by atoms with Gasteiger partial charge in [0.2, 0.25) is 5.95 Å². The van der Waals surface area contributed by atoms with Crippen LogP contribution in [0, 0.1) is 10.7 Å². The Morgan fingerprint density at radius 1 is 0.826 bits per heavy atom. The second-order valence-electron chi connectivity index (χ2n) is 18.2. The predicted octanol–water partition coefficient (Wildman–Crippen LogP) is 10.7. The fourth-order valence-electron chi connectivity index (χ4n) is 8.33. The molecule has 2 aliphatic heterocycles. The molecule has 360 valence electrons. The number of nitrogens with zero attached hydrogens (tertiary/aromatic N) is 11. The quantitative estimate of drug-likeness (QED) is 0.0859. The van der Waals surface area contributed by atoms with Crippen molar-refractivity contribution in [1.29, 1.82) is 5.26 Å². The topological polar surface area (TPSA) is 219 Å². The number of thiocyanates is 1. The third kappa shape index (κ3) is 12.0. The number of thioether (sulfide) groups is 1. The number of nitrogens with one attached hydrogen (secondary N) is 1. The number of nitriles is 1. The summed E-state index contributed by atoms with van der Waals surface area (Å²) in [6.45, 7) is 15.9. The van der Waals surface area contributed by atoms with Crippen molar-refractivity contribution in [2.24, 2.45) is 7.05 Å². The number of imidazole rings is 1. The van der Waals surface area contributed by atoms with E-state index in [0.29, 0.717) is 73.8 Å². The van der Waals surface area contributed by atoms with Gasteiger partial charge >= 0.3 is 0 Å². The SMILES string of the molecule is CC(=O)Cc1cc(Oc2cnc3nc(Nc4cc5n(n4)CCCC5(C)C)n(C)c3c2Cl)ccn1.CC1(C)CCCn2nc(SC#N)cc21.CCc1c(N)ncc(Oc2ccnc(CC(C)=O)c2)c1Cl. The highest BCUT2D eigenvalue weighted by Crippen LogP contribution is 2.39. The average Bonchev–Trinajstić information content (AvgIpc) is 4.00. The highest BCUT2D eigenvalue weighted by molar-refractivity contribution is 8.03. The maximum Gasteiger partial charge on any atom is 0.210 e. The number of carbonyl (C=O) groups is 2. The van der Waals surface area contributed by atoms with Gasteiger partial charge in [0.15, 0.2) is 23.0 Å². The van der Waals surface area contributed by atoms with Gasteiger partial charge in [-0.25, -0.2) is 9.97 Å². The summed E-state index contributed by atoms with van der Waals surface area (Å²) in [7, 11) is 1.87. The lowest BCUT2D eigenvalue weighted by Gasteiger charge is -2.30. The molecule has 7 aromatic rings. The Labute approximate surface area is 415 Å². The molecule has 0 unspecified atom stereocenters. The van der Waals surface area contributed by atoms with Crippen LogP contribution in [0.25, 0.3) is 11.2 Å². The lowest BCUT2D eigenvalue weighted by Crippen LogP contribution is -2.27. The van der Waals surface area contributed by atoms with Gasteiger partial charge in [0.25, 0.3) is 0 Å². The number of pyridine rings is 4. The van der Waals surface area contributed by atoms with Gasteiger partial charge in [-0.2, -0.15) is 20.4 Å². The van der Waals surface area contributed by atoms with Crippen molar-refractivity contribution in [3.8, 4) is 28.4 Å². The minimum Gasteiger partial charge on any atom is -0.454 e. The average molecular weight is 993 g/mol. The summed E-state index contributed by atoms with van der Waals surface area (Å²) in [5.74, 6) is 3.71. The summed E-state index contributed by atoms with van der Waals surface area (Å²) in [5, 5.41) is 24.7. The lowest BCUT2D eigenvalue weighted by molar-refractivity contribution is -0.117. The summed E-state index contributed by atoms with van der Waals surface area (Å²) >= 11 is 14.1. The predicted molar refractivity (Wildman–Crippen MR) is 268 cm³/mol. The molecule has 0 atom stereocenters. The van der Waals surface area contributed by atoms with Crippen LogP contribution in [0.5, 0.6) is 23.0 Å². The van der Waals surface area contributed by atoms with Crippen molar-refractivity contribution in [3.05, 3.63) is 99.6 Å². The Morgan fingerprint density at radius 2 is 1.38 bits per heavy atom. The number of rotatable bonds is 12. The molecule has 0 spiro atoms. The molecule has 0 saturated heterocycles. The molecular weight excluding hydrogens is 938 g/mol. The van der Waals surface area contributed by atoms with Crippen molar-refractivity contribution < 1.29 is 19.1 Å². The minimum absolute atomic E-state index is 0.0304. The largest absolute Gasteiger partial charge is 0.454 e. The van der Waals surface area contributed by atoms with Crippen LogP contribution in [0.2, 0.25) is 10.0 Å². The van der Waals surface area contributed by atoms with Crippen molar-refractivity contribution in [2.75, 3.05) is 11.1 Å². The van der Waals surface area contributed by atoms with Gasteiger partial charge in [-0.3, -0.25) is 28.9 Å². The van der Waals surface area contributed by atoms with E-state index >= 15 is 0 Å². The third-order valence-electron chi connectivity index (χ3n) is 11.8. The van der Waals surface area contributed by atoms with Gasteiger partial charge in [0.05, 0.1) is 28.8 Å². The Balaban J connectivity index is 0.000000170. The molecule has 0 aromatic carbocycles. The third-order valence-corrected chi connectivity index (χ3v) is 13.1. The van der Waals surface area contributed by atoms with Gasteiger partial charge < -0.3 is 25.1 Å². The Morgan fingerprint density at radius 3 is 1.91 bits per heavy atom. The van der Waals surface area contributed by atoms with Gasteiger partial charge in [-0.15, -0.1) is 0 Å². The van der Waals surface area contributed by atoms with Crippen LogP contribution in [-0.4, -0.2) is 60.6 Å². The van der Waals surface area contributed by atoms with E-state index in [-0.39, 0.29) is 35.2 Å². The number of carbonyl (C=O) groups excluding carboxylic acids is 2. The molecule has 20 heteroatoms. The molecule has 7 aromatic heterocycles. The molecule has 17 nitrogen and oxygen atoms in total. The second kappa shape index (κ2) is 21.4. The Hall–Kier alpha value is -6.55. The monoisotopic (exact) mass is 991 g/mol. The standard InChI is InChI=1S/C24H26ClN7O2.C15H16ClN3O2.C10H13N3S/c1-14(33)10-15-11-16(6-8-26-15)34-17-13-27-22-21(20(17)25)31(4)23(29-22)28-19-12-18-24(2,3)7-5-9-32(18)30-19;1-3-12-14(16)13(8-19-15(12)17)21-11-4-5-18-10(7-11)6-9(2)20;1-10(2)4-3-5-13-8(10)6-9(12-13)14-7-11/h6,8,11-13H,5,7,9-10H2,1-4H3,(H,27,28,29,30);4-5,7-8H,3,6H2,1-2H3,(H2,17,19);6H,3-5H2,1-2H3. The van der Waals surface area contributed by atoms with Crippen molar-refractivity contribution in [1.82, 2.24) is 49.0 Å². The number of nitrogen functional groups attached to an aromatic ring is 1. The molecule has 0 saturated carbocycles. The molecule has 0 aliphatic carbocycles. The van der Waals surface area contributed by atoms with Gasteiger partial charge in [0, 0.05) is 103 Å². The van der Waals surface area contributed by atoms with E-state index < -0.39 is 0 Å². The molecule has 2 aliphatic rings. The van der Waals surface area contributed by atoms with E-state index in [2.05, 4.69) is 79.2 Å². The van der Waals surface area contributed by atoms with Crippen LogP contribution < -0.4 is 20.5 Å². The molecule has 0 amide bonds. The number of fused-ring (bicyclic) bond motifs is 3.